The highest BCUT2D eigenvalue weighted by atomic mass is 35.5. The average molecular weight is 276 g/mol. The molecule has 0 radical (unpaired) electrons. The van der Waals surface area contributed by atoms with Gasteiger partial charge >= 0.3 is 0 Å². The van der Waals surface area contributed by atoms with E-state index in [1.54, 1.807) is 0 Å². The van der Waals surface area contributed by atoms with Crippen LogP contribution in [0.1, 0.15) is 12.5 Å². The molecule has 0 aliphatic rings. The zero-order valence-electron chi connectivity index (χ0n) is 11.2. The Bertz CT molecular complexity index is 554. The summed E-state index contributed by atoms with van der Waals surface area (Å²) in [6.07, 6.45) is 0. The molecular formula is C16H18ClNO. The van der Waals surface area contributed by atoms with Gasteiger partial charge in [0, 0.05) is 11.6 Å². The van der Waals surface area contributed by atoms with Crippen LogP contribution >= 0.6 is 11.6 Å². The van der Waals surface area contributed by atoms with Gasteiger partial charge in [-0.25, -0.2) is 0 Å². The van der Waals surface area contributed by atoms with Gasteiger partial charge in [-0.15, -0.1) is 0 Å². The summed E-state index contributed by atoms with van der Waals surface area (Å²) < 4.78 is 5.53. The first-order valence-corrected chi connectivity index (χ1v) is 6.78. The minimum absolute atomic E-state index is 0.676. The van der Waals surface area contributed by atoms with Crippen LogP contribution in [-0.4, -0.2) is 13.7 Å². The van der Waals surface area contributed by atoms with Gasteiger partial charge in [-0.05, 0) is 54.9 Å². The van der Waals surface area contributed by atoms with Crippen molar-refractivity contribution in [3.05, 3.63) is 53.1 Å². The van der Waals surface area contributed by atoms with E-state index in [4.69, 9.17) is 16.3 Å². The molecule has 0 bridgehead atoms. The maximum atomic E-state index is 6.18. The summed E-state index contributed by atoms with van der Waals surface area (Å²) in [5.41, 5.74) is 3.39. The van der Waals surface area contributed by atoms with E-state index in [9.17, 15) is 0 Å². The van der Waals surface area contributed by atoms with E-state index >= 15 is 0 Å². The van der Waals surface area contributed by atoms with E-state index in [0.29, 0.717) is 6.61 Å². The number of nitrogens with one attached hydrogen (secondary N) is 1. The van der Waals surface area contributed by atoms with Crippen molar-refractivity contribution in [3.63, 3.8) is 0 Å². The van der Waals surface area contributed by atoms with Crippen LogP contribution in [0.15, 0.2) is 42.5 Å². The molecule has 2 aromatic carbocycles. The first-order chi connectivity index (χ1) is 9.24. The van der Waals surface area contributed by atoms with E-state index in [1.807, 2.05) is 38.2 Å². The molecule has 0 fully saturated rings. The second-order valence-electron chi connectivity index (χ2n) is 4.30. The van der Waals surface area contributed by atoms with E-state index in [2.05, 4.69) is 23.5 Å². The predicted octanol–water partition coefficient (Wildman–Crippen LogP) is 4.13. The van der Waals surface area contributed by atoms with Crippen molar-refractivity contribution in [2.75, 3.05) is 13.7 Å². The third kappa shape index (κ3) is 3.49. The fourth-order valence-corrected chi connectivity index (χ4v) is 2.20. The Morgan fingerprint density at radius 1 is 1.11 bits per heavy atom. The average Bonchev–Trinajstić information content (AvgIpc) is 2.42. The summed E-state index contributed by atoms with van der Waals surface area (Å²) in [7, 11) is 1.92. The number of rotatable bonds is 5. The molecule has 0 spiro atoms. The molecule has 0 atom stereocenters. The molecule has 100 valence electrons. The van der Waals surface area contributed by atoms with Crippen LogP contribution in [-0.2, 0) is 6.54 Å². The number of hydrogen-bond acceptors (Lipinski definition) is 2. The minimum Gasteiger partial charge on any atom is -0.494 e. The third-order valence-corrected chi connectivity index (χ3v) is 3.26. The van der Waals surface area contributed by atoms with Crippen molar-refractivity contribution in [2.45, 2.75) is 13.5 Å². The van der Waals surface area contributed by atoms with Crippen LogP contribution in [0.5, 0.6) is 5.75 Å². The van der Waals surface area contributed by atoms with E-state index in [1.165, 1.54) is 0 Å². The zero-order chi connectivity index (χ0) is 13.7. The van der Waals surface area contributed by atoms with Crippen molar-refractivity contribution in [1.29, 1.82) is 0 Å². The molecule has 0 saturated carbocycles. The van der Waals surface area contributed by atoms with Gasteiger partial charge < -0.3 is 10.1 Å². The molecule has 0 saturated heterocycles. The van der Waals surface area contributed by atoms with Crippen LogP contribution in [0.25, 0.3) is 11.1 Å². The Kier molecular flexibility index (Phi) is 4.83. The second-order valence-corrected chi connectivity index (χ2v) is 4.70. The van der Waals surface area contributed by atoms with E-state index < -0.39 is 0 Å². The molecule has 0 aliphatic heterocycles. The van der Waals surface area contributed by atoms with E-state index in [-0.39, 0.29) is 0 Å². The first-order valence-electron chi connectivity index (χ1n) is 6.41. The normalized spacial score (nSPS) is 10.5. The molecule has 0 amide bonds. The highest BCUT2D eigenvalue weighted by Crippen LogP contribution is 2.27. The van der Waals surface area contributed by atoms with Gasteiger partial charge in [0.2, 0.25) is 0 Å². The Hall–Kier alpha value is -1.51. The number of ether oxygens (including phenoxy) is 1. The maximum Gasteiger partial charge on any atom is 0.119 e. The van der Waals surface area contributed by atoms with Gasteiger partial charge in [-0.2, -0.15) is 0 Å². The molecule has 0 aromatic heterocycles. The highest BCUT2D eigenvalue weighted by molar-refractivity contribution is 6.31. The molecule has 2 aromatic rings. The molecule has 0 unspecified atom stereocenters. The Labute approximate surface area is 119 Å². The fourth-order valence-electron chi connectivity index (χ4n) is 2.01. The standard InChI is InChI=1S/C16H18ClNO/c1-3-19-15-6-4-5-12(10-15)13-7-8-16(17)14(9-13)11-18-2/h4-10,18H,3,11H2,1-2H3. The van der Waals surface area contributed by atoms with Crippen molar-refractivity contribution >= 4 is 11.6 Å². The Balaban J connectivity index is 2.35. The van der Waals surface area contributed by atoms with Crippen molar-refractivity contribution in [2.24, 2.45) is 0 Å². The fraction of sp³-hybridized carbons (Fsp3) is 0.250. The van der Waals surface area contributed by atoms with Crippen LogP contribution in [0.2, 0.25) is 5.02 Å². The summed E-state index contributed by atoms with van der Waals surface area (Å²) >= 11 is 6.18. The molecule has 0 aliphatic carbocycles. The minimum atomic E-state index is 0.676. The Morgan fingerprint density at radius 3 is 2.63 bits per heavy atom. The molecule has 3 heteroatoms. The second kappa shape index (κ2) is 6.60. The van der Waals surface area contributed by atoms with Crippen LogP contribution in [0.3, 0.4) is 0 Å². The maximum absolute atomic E-state index is 6.18. The monoisotopic (exact) mass is 275 g/mol. The summed E-state index contributed by atoms with van der Waals surface area (Å²) in [6, 6.07) is 14.2. The molecule has 0 heterocycles. The SMILES string of the molecule is CCOc1cccc(-c2ccc(Cl)c(CNC)c2)c1. The lowest BCUT2D eigenvalue weighted by atomic mass is 10.0. The molecular weight excluding hydrogens is 258 g/mol. The Morgan fingerprint density at radius 2 is 1.89 bits per heavy atom. The van der Waals surface area contributed by atoms with E-state index in [0.717, 1.165) is 34.0 Å². The van der Waals surface area contributed by atoms with Gasteiger partial charge in [0.15, 0.2) is 0 Å². The summed E-state index contributed by atoms with van der Waals surface area (Å²) in [6.45, 7) is 3.42. The summed E-state index contributed by atoms with van der Waals surface area (Å²) in [5.74, 6) is 0.894. The number of halogens is 1. The van der Waals surface area contributed by atoms with Crippen molar-refractivity contribution < 1.29 is 4.74 Å². The topological polar surface area (TPSA) is 21.3 Å². The zero-order valence-corrected chi connectivity index (χ0v) is 12.0. The summed E-state index contributed by atoms with van der Waals surface area (Å²) in [5, 5.41) is 3.92. The number of benzene rings is 2. The predicted molar refractivity (Wildman–Crippen MR) is 80.8 cm³/mol. The molecule has 2 rings (SSSR count). The first kappa shape index (κ1) is 13.9. The van der Waals surface area contributed by atoms with Crippen LogP contribution in [0.4, 0.5) is 0 Å². The van der Waals surface area contributed by atoms with Crippen LogP contribution < -0.4 is 10.1 Å². The van der Waals surface area contributed by atoms with Gasteiger partial charge in [-0.1, -0.05) is 29.8 Å². The van der Waals surface area contributed by atoms with Gasteiger partial charge in [0.05, 0.1) is 6.61 Å². The highest BCUT2D eigenvalue weighted by Gasteiger charge is 2.04. The van der Waals surface area contributed by atoms with Crippen molar-refractivity contribution in [1.82, 2.24) is 5.32 Å². The third-order valence-electron chi connectivity index (χ3n) is 2.89. The largest absolute Gasteiger partial charge is 0.494 e. The lowest BCUT2D eigenvalue weighted by molar-refractivity contribution is 0.340. The molecule has 19 heavy (non-hydrogen) atoms. The smallest absolute Gasteiger partial charge is 0.119 e. The summed E-state index contributed by atoms with van der Waals surface area (Å²) in [4.78, 5) is 0. The molecule has 2 nitrogen and oxygen atoms in total. The number of hydrogen-bond donors (Lipinski definition) is 1. The van der Waals surface area contributed by atoms with Gasteiger partial charge in [0.25, 0.3) is 0 Å². The van der Waals surface area contributed by atoms with Crippen LogP contribution in [0, 0.1) is 0 Å². The van der Waals surface area contributed by atoms with Gasteiger partial charge in [-0.3, -0.25) is 0 Å². The van der Waals surface area contributed by atoms with Crippen molar-refractivity contribution in [3.8, 4) is 16.9 Å². The lowest BCUT2D eigenvalue weighted by Gasteiger charge is -2.09. The van der Waals surface area contributed by atoms with Gasteiger partial charge in [0.1, 0.15) is 5.75 Å². The molecule has 1 N–H and O–H groups in total. The quantitative estimate of drug-likeness (QED) is 0.886. The lowest BCUT2D eigenvalue weighted by Crippen LogP contribution is -2.05.